The maximum atomic E-state index is 6.24. The van der Waals surface area contributed by atoms with Crippen molar-refractivity contribution in [1.29, 1.82) is 0 Å². The minimum Gasteiger partial charge on any atom is -0.497 e. The molecule has 1 N–H and O–H groups in total. The summed E-state index contributed by atoms with van der Waals surface area (Å²) in [5.74, 6) is 1.79. The van der Waals surface area contributed by atoms with Gasteiger partial charge in [-0.05, 0) is 67.8 Å². The Kier molecular flexibility index (Phi) is 4.81. The van der Waals surface area contributed by atoms with Gasteiger partial charge >= 0.3 is 0 Å². The Bertz CT molecular complexity index is 470. The molecule has 3 nitrogen and oxygen atoms in total. The smallest absolute Gasteiger partial charge is 0.119 e. The Morgan fingerprint density at radius 1 is 1.24 bits per heavy atom. The zero-order chi connectivity index (χ0) is 14.7. The number of nitrogens with one attached hydrogen (secondary N) is 1. The molecule has 2 aliphatic rings. The van der Waals surface area contributed by atoms with Crippen LogP contribution in [0.5, 0.6) is 5.75 Å². The fraction of sp³-hybridized carbons (Fsp3) is 0.667. The van der Waals surface area contributed by atoms with Gasteiger partial charge in [0.2, 0.25) is 0 Å². The second-order valence-corrected chi connectivity index (χ2v) is 6.35. The number of hydrogen-bond acceptors (Lipinski definition) is 3. The van der Waals surface area contributed by atoms with E-state index in [0.717, 1.165) is 44.1 Å². The first-order chi connectivity index (χ1) is 10.3. The quantitative estimate of drug-likeness (QED) is 0.833. The lowest BCUT2D eigenvalue weighted by molar-refractivity contribution is 0.00972. The third-order valence-corrected chi connectivity index (χ3v) is 4.61. The van der Waals surface area contributed by atoms with Gasteiger partial charge in [-0.3, -0.25) is 0 Å². The molecule has 1 aromatic rings. The van der Waals surface area contributed by atoms with Gasteiger partial charge in [0.15, 0.2) is 0 Å². The molecule has 116 valence electrons. The van der Waals surface area contributed by atoms with Gasteiger partial charge in [0.05, 0.1) is 19.3 Å². The summed E-state index contributed by atoms with van der Waals surface area (Å²) in [5.41, 5.74) is 2.81. The molecule has 2 atom stereocenters. The predicted molar refractivity (Wildman–Crippen MR) is 84.8 cm³/mol. The highest BCUT2D eigenvalue weighted by Crippen LogP contribution is 2.36. The molecule has 0 aliphatic heterocycles. The van der Waals surface area contributed by atoms with Gasteiger partial charge in [-0.15, -0.1) is 0 Å². The molecule has 0 aromatic heterocycles. The van der Waals surface area contributed by atoms with Gasteiger partial charge < -0.3 is 14.8 Å². The Labute approximate surface area is 128 Å². The molecule has 1 fully saturated rings. The highest BCUT2D eigenvalue weighted by Gasteiger charge is 2.32. The summed E-state index contributed by atoms with van der Waals surface area (Å²) in [5, 5.41) is 3.69. The van der Waals surface area contributed by atoms with E-state index in [0.29, 0.717) is 12.1 Å². The van der Waals surface area contributed by atoms with Gasteiger partial charge in [-0.1, -0.05) is 13.0 Å². The highest BCUT2D eigenvalue weighted by atomic mass is 16.5. The van der Waals surface area contributed by atoms with Crippen molar-refractivity contribution < 1.29 is 9.47 Å². The SMILES string of the molecule is CCCNC1c2ccc(OC)cc2CCC1OCC1CC1. The van der Waals surface area contributed by atoms with Gasteiger partial charge in [0.1, 0.15) is 5.75 Å². The molecule has 0 saturated heterocycles. The summed E-state index contributed by atoms with van der Waals surface area (Å²) < 4.78 is 11.6. The minimum atomic E-state index is 0.318. The van der Waals surface area contributed by atoms with E-state index in [4.69, 9.17) is 9.47 Å². The third-order valence-electron chi connectivity index (χ3n) is 4.61. The van der Waals surface area contributed by atoms with Crippen LogP contribution in [-0.4, -0.2) is 26.4 Å². The largest absolute Gasteiger partial charge is 0.497 e. The van der Waals surface area contributed by atoms with E-state index in [1.807, 2.05) is 0 Å². The fourth-order valence-electron chi connectivity index (χ4n) is 3.16. The van der Waals surface area contributed by atoms with Crippen LogP contribution in [0.1, 0.15) is 49.8 Å². The van der Waals surface area contributed by atoms with Gasteiger partial charge in [0, 0.05) is 6.61 Å². The zero-order valence-corrected chi connectivity index (χ0v) is 13.2. The predicted octanol–water partition coefficient (Wildman–Crippen LogP) is 3.48. The average molecular weight is 289 g/mol. The van der Waals surface area contributed by atoms with Crippen LogP contribution in [0.15, 0.2) is 18.2 Å². The summed E-state index contributed by atoms with van der Waals surface area (Å²) in [7, 11) is 1.74. The molecule has 2 unspecified atom stereocenters. The Hall–Kier alpha value is -1.06. The van der Waals surface area contributed by atoms with Crippen molar-refractivity contribution in [3.8, 4) is 5.75 Å². The maximum Gasteiger partial charge on any atom is 0.119 e. The lowest BCUT2D eigenvalue weighted by Gasteiger charge is -2.34. The van der Waals surface area contributed by atoms with Gasteiger partial charge in [-0.25, -0.2) is 0 Å². The minimum absolute atomic E-state index is 0.318. The second-order valence-electron chi connectivity index (χ2n) is 6.35. The molecule has 0 radical (unpaired) electrons. The molecule has 0 spiro atoms. The van der Waals surface area contributed by atoms with E-state index >= 15 is 0 Å². The lowest BCUT2D eigenvalue weighted by atomic mass is 9.85. The van der Waals surface area contributed by atoms with Crippen LogP contribution in [0.25, 0.3) is 0 Å². The third kappa shape index (κ3) is 3.58. The lowest BCUT2D eigenvalue weighted by Crippen LogP contribution is -2.38. The van der Waals surface area contributed by atoms with Crippen molar-refractivity contribution in [2.45, 2.75) is 51.2 Å². The normalized spacial score (nSPS) is 24.7. The molecule has 0 amide bonds. The zero-order valence-electron chi connectivity index (χ0n) is 13.2. The van der Waals surface area contributed by atoms with Gasteiger partial charge in [0.25, 0.3) is 0 Å². The summed E-state index contributed by atoms with van der Waals surface area (Å²) in [6.45, 7) is 4.20. The van der Waals surface area contributed by atoms with Crippen LogP contribution in [0, 0.1) is 5.92 Å². The summed E-state index contributed by atoms with van der Waals surface area (Å²) >= 11 is 0. The summed E-state index contributed by atoms with van der Waals surface area (Å²) in [6, 6.07) is 6.81. The number of fused-ring (bicyclic) bond motifs is 1. The highest BCUT2D eigenvalue weighted by molar-refractivity contribution is 5.40. The van der Waals surface area contributed by atoms with Crippen LogP contribution in [0.4, 0.5) is 0 Å². The average Bonchev–Trinajstić information content (AvgIpc) is 3.34. The van der Waals surface area contributed by atoms with Crippen molar-refractivity contribution in [2.75, 3.05) is 20.3 Å². The Morgan fingerprint density at radius 2 is 2.10 bits per heavy atom. The molecule has 3 rings (SSSR count). The Morgan fingerprint density at radius 3 is 2.81 bits per heavy atom. The topological polar surface area (TPSA) is 30.5 Å². The van der Waals surface area contributed by atoms with E-state index in [-0.39, 0.29) is 0 Å². The first-order valence-electron chi connectivity index (χ1n) is 8.33. The van der Waals surface area contributed by atoms with Crippen molar-refractivity contribution in [2.24, 2.45) is 5.92 Å². The number of hydrogen-bond donors (Lipinski definition) is 1. The second kappa shape index (κ2) is 6.80. The van der Waals surface area contributed by atoms with Crippen molar-refractivity contribution in [1.82, 2.24) is 5.32 Å². The first kappa shape index (κ1) is 14.9. The monoisotopic (exact) mass is 289 g/mol. The number of aryl methyl sites for hydroxylation is 1. The molecule has 21 heavy (non-hydrogen) atoms. The standard InChI is InChI=1S/C18H27NO2/c1-3-10-19-18-16-8-7-15(20-2)11-14(16)6-9-17(18)21-12-13-4-5-13/h7-8,11,13,17-19H,3-6,9-10,12H2,1-2H3. The fourth-order valence-corrected chi connectivity index (χ4v) is 3.16. The van der Waals surface area contributed by atoms with E-state index in [1.165, 1.54) is 24.0 Å². The van der Waals surface area contributed by atoms with Crippen LogP contribution < -0.4 is 10.1 Å². The molecule has 1 aromatic carbocycles. The van der Waals surface area contributed by atoms with Crippen LogP contribution in [0.3, 0.4) is 0 Å². The van der Waals surface area contributed by atoms with Crippen LogP contribution in [-0.2, 0) is 11.2 Å². The number of benzene rings is 1. The molecular weight excluding hydrogens is 262 g/mol. The first-order valence-corrected chi connectivity index (χ1v) is 8.33. The number of methoxy groups -OCH3 is 1. The number of rotatable bonds is 7. The summed E-state index contributed by atoms with van der Waals surface area (Å²) in [4.78, 5) is 0. The van der Waals surface area contributed by atoms with E-state index in [1.54, 1.807) is 7.11 Å². The Balaban J connectivity index is 1.75. The van der Waals surface area contributed by atoms with Crippen LogP contribution in [0.2, 0.25) is 0 Å². The molecule has 3 heteroatoms. The molecule has 0 bridgehead atoms. The molecule has 1 saturated carbocycles. The van der Waals surface area contributed by atoms with E-state index in [2.05, 4.69) is 30.4 Å². The van der Waals surface area contributed by atoms with Crippen molar-refractivity contribution in [3.05, 3.63) is 29.3 Å². The van der Waals surface area contributed by atoms with Crippen LogP contribution >= 0.6 is 0 Å². The molecule has 0 heterocycles. The summed E-state index contributed by atoms with van der Waals surface area (Å²) in [6.07, 6.45) is 6.37. The van der Waals surface area contributed by atoms with Crippen molar-refractivity contribution >= 4 is 0 Å². The van der Waals surface area contributed by atoms with Crippen molar-refractivity contribution in [3.63, 3.8) is 0 Å². The van der Waals surface area contributed by atoms with E-state index in [9.17, 15) is 0 Å². The maximum absolute atomic E-state index is 6.24. The molecule has 2 aliphatic carbocycles. The molecular formula is C18H27NO2. The number of ether oxygens (including phenoxy) is 2. The van der Waals surface area contributed by atoms with Gasteiger partial charge in [-0.2, -0.15) is 0 Å². The van der Waals surface area contributed by atoms with E-state index < -0.39 is 0 Å².